The fourth-order valence-corrected chi connectivity index (χ4v) is 1.79. The molecule has 0 unspecified atom stereocenters. The van der Waals surface area contributed by atoms with Gasteiger partial charge in [0.25, 0.3) is 0 Å². The highest BCUT2D eigenvalue weighted by Gasteiger charge is 2.02. The first-order chi connectivity index (χ1) is 9.69. The van der Waals surface area contributed by atoms with Gasteiger partial charge >= 0.3 is 0 Å². The van der Waals surface area contributed by atoms with Gasteiger partial charge in [0.1, 0.15) is 5.82 Å². The summed E-state index contributed by atoms with van der Waals surface area (Å²) in [5, 5.41) is 13.1. The minimum absolute atomic E-state index is 0.185. The third-order valence-electron chi connectivity index (χ3n) is 2.91. The molecule has 1 heterocycles. The Balaban J connectivity index is 1.85. The molecule has 0 radical (unpaired) electrons. The molecule has 2 aromatic rings. The van der Waals surface area contributed by atoms with Crippen LogP contribution in [0.15, 0.2) is 35.5 Å². The van der Waals surface area contributed by atoms with E-state index in [1.54, 1.807) is 26.2 Å². The average Bonchev–Trinajstić information content (AvgIpc) is 2.96. The van der Waals surface area contributed by atoms with Gasteiger partial charge in [0.15, 0.2) is 5.96 Å². The number of aromatic nitrogens is 2. The Morgan fingerprint density at radius 2 is 2.10 bits per heavy atom. The normalized spacial score (nSPS) is 11.4. The lowest BCUT2D eigenvalue weighted by molar-refractivity contribution is 0.617. The number of hydrogen-bond acceptors (Lipinski definition) is 2. The van der Waals surface area contributed by atoms with E-state index in [9.17, 15) is 4.39 Å². The summed E-state index contributed by atoms with van der Waals surface area (Å²) >= 11 is 0. The number of aromatic amines is 1. The molecule has 6 heteroatoms. The maximum atomic E-state index is 13.2. The Labute approximate surface area is 117 Å². The van der Waals surface area contributed by atoms with Gasteiger partial charge in [0.2, 0.25) is 0 Å². The van der Waals surface area contributed by atoms with Crippen molar-refractivity contribution in [2.75, 3.05) is 7.05 Å². The number of aliphatic imine (C=N–C) groups is 1. The van der Waals surface area contributed by atoms with Gasteiger partial charge in [0, 0.05) is 19.8 Å². The molecule has 3 N–H and O–H groups in total. The molecule has 20 heavy (non-hydrogen) atoms. The maximum absolute atomic E-state index is 13.2. The summed E-state index contributed by atoms with van der Waals surface area (Å²) in [7, 11) is 1.71. The number of nitrogens with zero attached hydrogens (tertiary/aromatic N) is 2. The van der Waals surface area contributed by atoms with E-state index in [0.717, 1.165) is 11.3 Å². The zero-order valence-corrected chi connectivity index (χ0v) is 11.6. The number of benzene rings is 1. The van der Waals surface area contributed by atoms with Gasteiger partial charge in [0.05, 0.1) is 12.2 Å². The first-order valence-electron chi connectivity index (χ1n) is 6.37. The molecule has 0 spiro atoms. The van der Waals surface area contributed by atoms with Crippen LogP contribution in [0, 0.1) is 12.7 Å². The number of hydrogen-bond donors (Lipinski definition) is 3. The standard InChI is InChI=1S/C14H18FN5/c1-10-7-11(3-4-13(10)15)8-17-14(16-2)18-9-12-5-6-19-20-12/h3-7H,8-9H2,1-2H3,(H,19,20)(H2,16,17,18). The summed E-state index contributed by atoms with van der Waals surface area (Å²) in [5.74, 6) is 0.497. The molecule has 0 bridgehead atoms. The second-order valence-corrected chi connectivity index (χ2v) is 4.44. The average molecular weight is 275 g/mol. The van der Waals surface area contributed by atoms with Crippen molar-refractivity contribution in [2.45, 2.75) is 20.0 Å². The number of rotatable bonds is 4. The highest BCUT2D eigenvalue weighted by atomic mass is 19.1. The van der Waals surface area contributed by atoms with Gasteiger partial charge < -0.3 is 10.6 Å². The highest BCUT2D eigenvalue weighted by Crippen LogP contribution is 2.08. The van der Waals surface area contributed by atoms with Gasteiger partial charge in [-0.1, -0.05) is 12.1 Å². The highest BCUT2D eigenvalue weighted by molar-refractivity contribution is 5.79. The first-order valence-corrected chi connectivity index (χ1v) is 6.37. The topological polar surface area (TPSA) is 65.1 Å². The van der Waals surface area contributed by atoms with Crippen molar-refractivity contribution in [1.29, 1.82) is 0 Å². The maximum Gasteiger partial charge on any atom is 0.191 e. The van der Waals surface area contributed by atoms with E-state index in [-0.39, 0.29) is 5.82 Å². The third-order valence-corrected chi connectivity index (χ3v) is 2.91. The molecule has 1 aromatic carbocycles. The van der Waals surface area contributed by atoms with E-state index in [2.05, 4.69) is 25.8 Å². The molecule has 0 aliphatic rings. The quantitative estimate of drug-likeness (QED) is 0.588. The molecular formula is C14H18FN5. The van der Waals surface area contributed by atoms with Crippen molar-refractivity contribution in [1.82, 2.24) is 20.8 Å². The number of halogens is 1. The van der Waals surface area contributed by atoms with Gasteiger partial charge in [-0.15, -0.1) is 0 Å². The molecule has 0 amide bonds. The van der Waals surface area contributed by atoms with Crippen LogP contribution in [0.3, 0.4) is 0 Å². The van der Waals surface area contributed by atoms with E-state index in [4.69, 9.17) is 0 Å². The Bertz CT molecular complexity index is 577. The van der Waals surface area contributed by atoms with E-state index in [0.29, 0.717) is 24.6 Å². The predicted octanol–water partition coefficient (Wildman–Crippen LogP) is 1.72. The van der Waals surface area contributed by atoms with Crippen LogP contribution in [0.1, 0.15) is 16.8 Å². The third kappa shape index (κ3) is 3.81. The van der Waals surface area contributed by atoms with Crippen molar-refractivity contribution in [3.63, 3.8) is 0 Å². The lowest BCUT2D eigenvalue weighted by Crippen LogP contribution is -2.36. The van der Waals surface area contributed by atoms with Gasteiger partial charge in [-0.25, -0.2) is 4.39 Å². The van der Waals surface area contributed by atoms with Crippen LogP contribution in [0.25, 0.3) is 0 Å². The molecule has 0 aliphatic heterocycles. The van der Waals surface area contributed by atoms with Crippen molar-refractivity contribution in [3.05, 3.63) is 53.1 Å². The van der Waals surface area contributed by atoms with Crippen LogP contribution in [0.4, 0.5) is 4.39 Å². The minimum Gasteiger partial charge on any atom is -0.352 e. The zero-order chi connectivity index (χ0) is 14.4. The fraction of sp³-hybridized carbons (Fsp3) is 0.286. The summed E-state index contributed by atoms with van der Waals surface area (Å²) < 4.78 is 13.2. The SMILES string of the molecule is CN=C(NCc1ccc(F)c(C)c1)NCc1ccn[nH]1. The Morgan fingerprint density at radius 3 is 2.75 bits per heavy atom. The van der Waals surface area contributed by atoms with Crippen molar-refractivity contribution >= 4 is 5.96 Å². The minimum atomic E-state index is -0.185. The van der Waals surface area contributed by atoms with Crippen molar-refractivity contribution in [3.8, 4) is 0 Å². The molecule has 0 saturated carbocycles. The van der Waals surface area contributed by atoms with Crippen LogP contribution < -0.4 is 10.6 Å². The van der Waals surface area contributed by atoms with E-state index in [1.807, 2.05) is 12.1 Å². The summed E-state index contributed by atoms with van der Waals surface area (Å²) in [6.45, 7) is 2.95. The van der Waals surface area contributed by atoms with E-state index < -0.39 is 0 Å². The molecule has 106 valence electrons. The Morgan fingerprint density at radius 1 is 1.30 bits per heavy atom. The van der Waals surface area contributed by atoms with Crippen molar-refractivity contribution < 1.29 is 4.39 Å². The van der Waals surface area contributed by atoms with Crippen LogP contribution >= 0.6 is 0 Å². The first kappa shape index (κ1) is 14.0. The van der Waals surface area contributed by atoms with Gasteiger partial charge in [-0.2, -0.15) is 5.10 Å². The smallest absolute Gasteiger partial charge is 0.191 e. The van der Waals surface area contributed by atoms with E-state index in [1.165, 1.54) is 6.07 Å². The molecule has 5 nitrogen and oxygen atoms in total. The summed E-state index contributed by atoms with van der Waals surface area (Å²) in [5.41, 5.74) is 2.63. The lowest BCUT2D eigenvalue weighted by Gasteiger charge is -2.11. The number of nitrogens with one attached hydrogen (secondary N) is 3. The van der Waals surface area contributed by atoms with Crippen LogP contribution in [-0.2, 0) is 13.1 Å². The molecule has 1 aromatic heterocycles. The second kappa shape index (κ2) is 6.70. The summed E-state index contributed by atoms with van der Waals surface area (Å²) in [4.78, 5) is 4.13. The van der Waals surface area contributed by atoms with Crippen LogP contribution in [0.2, 0.25) is 0 Å². The largest absolute Gasteiger partial charge is 0.352 e. The lowest BCUT2D eigenvalue weighted by atomic mass is 10.1. The number of H-pyrrole nitrogens is 1. The molecule has 0 aliphatic carbocycles. The molecule has 0 fully saturated rings. The van der Waals surface area contributed by atoms with Crippen molar-refractivity contribution in [2.24, 2.45) is 4.99 Å². The number of guanidine groups is 1. The second-order valence-electron chi connectivity index (χ2n) is 4.44. The Kier molecular flexibility index (Phi) is 4.70. The molecular weight excluding hydrogens is 257 g/mol. The Hall–Kier alpha value is -2.37. The van der Waals surface area contributed by atoms with E-state index >= 15 is 0 Å². The monoisotopic (exact) mass is 275 g/mol. The summed E-state index contributed by atoms with van der Waals surface area (Å²) in [6, 6.07) is 6.96. The van der Waals surface area contributed by atoms with Gasteiger partial charge in [-0.05, 0) is 30.2 Å². The molecule has 0 atom stereocenters. The number of aryl methyl sites for hydroxylation is 1. The zero-order valence-electron chi connectivity index (χ0n) is 11.6. The molecule has 0 saturated heterocycles. The van der Waals surface area contributed by atoms with Crippen LogP contribution in [0.5, 0.6) is 0 Å². The molecule has 2 rings (SSSR count). The summed E-state index contributed by atoms with van der Waals surface area (Å²) in [6.07, 6.45) is 1.70. The van der Waals surface area contributed by atoms with Crippen LogP contribution in [-0.4, -0.2) is 23.2 Å². The fourth-order valence-electron chi connectivity index (χ4n) is 1.79. The predicted molar refractivity (Wildman–Crippen MR) is 76.8 cm³/mol. The van der Waals surface area contributed by atoms with Gasteiger partial charge in [-0.3, -0.25) is 10.1 Å².